The van der Waals surface area contributed by atoms with Crippen LogP contribution in [0.1, 0.15) is 51.1 Å². The summed E-state index contributed by atoms with van der Waals surface area (Å²) in [5.74, 6) is 2.24. The van der Waals surface area contributed by atoms with Crippen LogP contribution in [0.15, 0.2) is 18.2 Å². The fourth-order valence-electron chi connectivity index (χ4n) is 3.13. The van der Waals surface area contributed by atoms with E-state index in [0.29, 0.717) is 11.3 Å². The smallest absolute Gasteiger partial charge is 0.123 e. The average molecular weight is 277 g/mol. The van der Waals surface area contributed by atoms with Gasteiger partial charge in [0.25, 0.3) is 0 Å². The number of ether oxygens (including phenoxy) is 2. The summed E-state index contributed by atoms with van der Waals surface area (Å²) in [6.07, 6.45) is 4.87. The topological polar surface area (TPSA) is 44.5 Å². The molecule has 3 nitrogen and oxygen atoms in total. The van der Waals surface area contributed by atoms with Gasteiger partial charge < -0.3 is 15.2 Å². The summed E-state index contributed by atoms with van der Waals surface area (Å²) in [5.41, 5.74) is 8.06. The molecular weight excluding hydrogens is 250 g/mol. The fourth-order valence-corrected chi connectivity index (χ4v) is 3.13. The van der Waals surface area contributed by atoms with Crippen molar-refractivity contribution in [3.8, 4) is 11.5 Å². The number of benzene rings is 1. The molecule has 1 aliphatic rings. The summed E-state index contributed by atoms with van der Waals surface area (Å²) >= 11 is 0. The second-order valence-corrected chi connectivity index (χ2v) is 6.64. The summed E-state index contributed by atoms with van der Waals surface area (Å²) in [5, 5.41) is 0. The number of hydrogen-bond acceptors (Lipinski definition) is 3. The van der Waals surface area contributed by atoms with Crippen LogP contribution in [0.3, 0.4) is 0 Å². The van der Waals surface area contributed by atoms with E-state index in [1.807, 2.05) is 18.2 Å². The van der Waals surface area contributed by atoms with Crippen LogP contribution in [0.2, 0.25) is 0 Å². The largest absolute Gasteiger partial charge is 0.497 e. The van der Waals surface area contributed by atoms with E-state index in [2.05, 4.69) is 13.8 Å². The quantitative estimate of drug-likeness (QED) is 0.907. The average Bonchev–Trinajstić information content (AvgIpc) is 2.45. The van der Waals surface area contributed by atoms with Crippen molar-refractivity contribution in [2.75, 3.05) is 14.2 Å². The summed E-state index contributed by atoms with van der Waals surface area (Å²) in [6.45, 7) is 4.70. The lowest BCUT2D eigenvalue weighted by atomic mass is 9.70. The van der Waals surface area contributed by atoms with Crippen molar-refractivity contribution in [1.82, 2.24) is 0 Å². The van der Waals surface area contributed by atoms with Crippen molar-refractivity contribution in [3.63, 3.8) is 0 Å². The number of rotatable bonds is 4. The van der Waals surface area contributed by atoms with E-state index in [1.165, 1.54) is 25.7 Å². The van der Waals surface area contributed by atoms with Crippen LogP contribution in [-0.4, -0.2) is 14.2 Å². The van der Waals surface area contributed by atoms with Gasteiger partial charge in [-0.1, -0.05) is 13.8 Å². The molecular formula is C17H27NO2. The minimum Gasteiger partial charge on any atom is -0.497 e. The predicted octanol–water partition coefficient (Wildman–Crippen LogP) is 3.92. The molecule has 0 heterocycles. The molecule has 1 saturated carbocycles. The Kier molecular flexibility index (Phi) is 4.59. The van der Waals surface area contributed by atoms with E-state index in [-0.39, 0.29) is 6.04 Å². The van der Waals surface area contributed by atoms with E-state index >= 15 is 0 Å². The summed E-state index contributed by atoms with van der Waals surface area (Å²) in [7, 11) is 3.38. The van der Waals surface area contributed by atoms with Gasteiger partial charge in [0.05, 0.1) is 14.2 Å². The zero-order valence-corrected chi connectivity index (χ0v) is 13.1. The molecule has 3 heteroatoms. The first-order chi connectivity index (χ1) is 9.46. The van der Waals surface area contributed by atoms with Gasteiger partial charge in [-0.2, -0.15) is 0 Å². The molecule has 2 N–H and O–H groups in total. The SMILES string of the molecule is COc1ccc(OC)c(C(N)C2CCC(C)(C)CC2)c1. The van der Waals surface area contributed by atoms with E-state index in [4.69, 9.17) is 15.2 Å². The lowest BCUT2D eigenvalue weighted by Crippen LogP contribution is -2.29. The zero-order valence-electron chi connectivity index (χ0n) is 13.1. The maximum Gasteiger partial charge on any atom is 0.123 e. The highest BCUT2D eigenvalue weighted by Gasteiger charge is 2.31. The van der Waals surface area contributed by atoms with Gasteiger partial charge in [0.15, 0.2) is 0 Å². The molecule has 20 heavy (non-hydrogen) atoms. The molecule has 1 unspecified atom stereocenters. The van der Waals surface area contributed by atoms with Crippen molar-refractivity contribution in [2.24, 2.45) is 17.1 Å². The van der Waals surface area contributed by atoms with E-state index in [1.54, 1.807) is 14.2 Å². The fraction of sp³-hybridized carbons (Fsp3) is 0.647. The molecule has 1 aromatic carbocycles. The van der Waals surface area contributed by atoms with Crippen LogP contribution in [0, 0.1) is 11.3 Å². The van der Waals surface area contributed by atoms with Crippen molar-refractivity contribution < 1.29 is 9.47 Å². The second kappa shape index (κ2) is 6.04. The van der Waals surface area contributed by atoms with Crippen molar-refractivity contribution in [2.45, 2.75) is 45.6 Å². The maximum absolute atomic E-state index is 6.52. The summed E-state index contributed by atoms with van der Waals surface area (Å²) in [6, 6.07) is 5.90. The molecule has 1 aliphatic carbocycles. The van der Waals surface area contributed by atoms with Gasteiger partial charge in [-0.3, -0.25) is 0 Å². The Morgan fingerprint density at radius 2 is 1.80 bits per heavy atom. The summed E-state index contributed by atoms with van der Waals surface area (Å²) in [4.78, 5) is 0. The van der Waals surface area contributed by atoms with Gasteiger partial charge in [-0.25, -0.2) is 0 Å². The van der Waals surface area contributed by atoms with Crippen LogP contribution in [0.4, 0.5) is 0 Å². The molecule has 1 aromatic rings. The highest BCUT2D eigenvalue weighted by molar-refractivity contribution is 5.42. The van der Waals surface area contributed by atoms with E-state index < -0.39 is 0 Å². The molecule has 0 aromatic heterocycles. The van der Waals surface area contributed by atoms with Gasteiger partial charge in [-0.15, -0.1) is 0 Å². The van der Waals surface area contributed by atoms with Crippen molar-refractivity contribution >= 4 is 0 Å². The molecule has 0 aliphatic heterocycles. The first kappa shape index (κ1) is 15.2. The number of methoxy groups -OCH3 is 2. The molecule has 0 bridgehead atoms. The molecule has 0 saturated heterocycles. The Hall–Kier alpha value is -1.22. The molecule has 1 atom stereocenters. The molecule has 112 valence electrons. The Bertz CT molecular complexity index is 446. The third kappa shape index (κ3) is 3.26. The highest BCUT2D eigenvalue weighted by Crippen LogP contribution is 2.43. The first-order valence-corrected chi connectivity index (χ1v) is 7.44. The standard InChI is InChI=1S/C17H27NO2/c1-17(2)9-7-12(8-10-17)16(18)14-11-13(19-3)5-6-15(14)20-4/h5-6,11-12,16H,7-10,18H2,1-4H3. The normalized spacial score (nSPS) is 20.4. The third-order valence-corrected chi connectivity index (χ3v) is 4.69. The van der Waals surface area contributed by atoms with Gasteiger partial charge in [0.1, 0.15) is 11.5 Å². The Labute approximate surface area is 122 Å². The van der Waals surface area contributed by atoms with Crippen LogP contribution in [0.25, 0.3) is 0 Å². The third-order valence-electron chi connectivity index (χ3n) is 4.69. The monoisotopic (exact) mass is 277 g/mol. The molecule has 1 fully saturated rings. The van der Waals surface area contributed by atoms with Crippen LogP contribution >= 0.6 is 0 Å². The van der Waals surface area contributed by atoms with Crippen molar-refractivity contribution in [3.05, 3.63) is 23.8 Å². The van der Waals surface area contributed by atoms with Gasteiger partial charge in [0.2, 0.25) is 0 Å². The lowest BCUT2D eigenvalue weighted by molar-refractivity contribution is 0.172. The van der Waals surface area contributed by atoms with Gasteiger partial charge in [-0.05, 0) is 55.2 Å². The minimum absolute atomic E-state index is 0.0242. The molecule has 0 spiro atoms. The summed E-state index contributed by atoms with van der Waals surface area (Å²) < 4.78 is 10.8. The Morgan fingerprint density at radius 1 is 1.15 bits per heavy atom. The Morgan fingerprint density at radius 3 is 2.35 bits per heavy atom. The second-order valence-electron chi connectivity index (χ2n) is 6.64. The molecule has 0 radical (unpaired) electrons. The van der Waals surface area contributed by atoms with E-state index in [0.717, 1.165) is 17.1 Å². The minimum atomic E-state index is 0.0242. The lowest BCUT2D eigenvalue weighted by Gasteiger charge is -2.37. The highest BCUT2D eigenvalue weighted by atomic mass is 16.5. The predicted molar refractivity (Wildman–Crippen MR) is 82.2 cm³/mol. The maximum atomic E-state index is 6.52. The van der Waals surface area contributed by atoms with Crippen LogP contribution in [-0.2, 0) is 0 Å². The van der Waals surface area contributed by atoms with Gasteiger partial charge >= 0.3 is 0 Å². The molecule has 2 rings (SSSR count). The number of hydrogen-bond donors (Lipinski definition) is 1. The van der Waals surface area contributed by atoms with Crippen molar-refractivity contribution in [1.29, 1.82) is 0 Å². The Balaban J connectivity index is 2.18. The number of nitrogens with two attached hydrogens (primary N) is 1. The van der Waals surface area contributed by atoms with E-state index in [9.17, 15) is 0 Å². The zero-order chi connectivity index (χ0) is 14.8. The first-order valence-electron chi connectivity index (χ1n) is 7.44. The molecule has 0 amide bonds. The van der Waals surface area contributed by atoms with Crippen LogP contribution < -0.4 is 15.2 Å². The van der Waals surface area contributed by atoms with Gasteiger partial charge in [0, 0.05) is 11.6 Å². The van der Waals surface area contributed by atoms with Crippen LogP contribution in [0.5, 0.6) is 11.5 Å².